The normalized spacial score (nSPS) is 10.2. The van der Waals surface area contributed by atoms with Gasteiger partial charge in [-0.05, 0) is 81.9 Å². The summed E-state index contributed by atoms with van der Waals surface area (Å²) in [6.07, 6.45) is 3.49. The first kappa shape index (κ1) is 34.7. The number of carbonyl (C=O) groups excluding carboxylic acids is 2. The van der Waals surface area contributed by atoms with Crippen LogP contribution in [-0.4, -0.2) is 12.6 Å². The summed E-state index contributed by atoms with van der Waals surface area (Å²) in [7, 11) is 0. The quantitative estimate of drug-likeness (QED) is 0.429. The maximum atomic E-state index is 13.0. The van der Waals surface area contributed by atoms with Crippen molar-refractivity contribution in [1.82, 2.24) is 0 Å². The van der Waals surface area contributed by atoms with E-state index in [1.165, 1.54) is 29.3 Å². The molecule has 0 atom stereocenters. The molecule has 0 aliphatic carbocycles. The molecule has 0 saturated carbocycles. The molecule has 33 heavy (non-hydrogen) atoms. The van der Waals surface area contributed by atoms with E-state index in [-0.39, 0.29) is 11.3 Å². The fraction of sp³-hybridized carbons (Fsp3) is 0.379. The Bertz CT molecular complexity index is 845. The molecular formula is C29H42F2O2. The van der Waals surface area contributed by atoms with Gasteiger partial charge in [-0.1, -0.05) is 70.2 Å². The Morgan fingerprint density at radius 1 is 0.848 bits per heavy atom. The zero-order valence-electron chi connectivity index (χ0n) is 22.1. The van der Waals surface area contributed by atoms with Crippen molar-refractivity contribution in [3.8, 4) is 0 Å². The van der Waals surface area contributed by atoms with Crippen LogP contribution >= 0.6 is 0 Å². The van der Waals surface area contributed by atoms with Crippen LogP contribution in [0.1, 0.15) is 84.9 Å². The molecule has 0 unspecified atom stereocenters. The van der Waals surface area contributed by atoms with Gasteiger partial charge in [0.2, 0.25) is 0 Å². The van der Waals surface area contributed by atoms with Crippen LogP contribution in [0.15, 0.2) is 60.2 Å². The standard InChI is InChI=1S/C10H10F2.C10H14.C6H10O.C2H6.CH2O/c1-3-7(2)10-8(11)5-4-6-9(10)12;1-8(2)10-7-5-4-6-9(10)3;1-4-5(2)6(3)7;2*1-2/h3-6H,1-2H3;4-8H,1-3H3;4H,1-3H3;1-2H3;1H2/b7-3-;;5-4+;;. The number of hydrogen-bond acceptors (Lipinski definition) is 2. The van der Waals surface area contributed by atoms with Gasteiger partial charge in [0.15, 0.2) is 5.78 Å². The summed E-state index contributed by atoms with van der Waals surface area (Å²) in [5, 5.41) is 0. The molecule has 0 saturated heterocycles. The summed E-state index contributed by atoms with van der Waals surface area (Å²) in [4.78, 5) is 18.3. The Morgan fingerprint density at radius 3 is 1.58 bits per heavy atom. The third-order valence-corrected chi connectivity index (χ3v) is 4.59. The maximum Gasteiger partial charge on any atom is 0.155 e. The first-order valence-corrected chi connectivity index (χ1v) is 11.1. The summed E-state index contributed by atoms with van der Waals surface area (Å²) in [5.41, 5.74) is 4.38. The Morgan fingerprint density at radius 2 is 1.30 bits per heavy atom. The van der Waals surface area contributed by atoms with E-state index in [1.54, 1.807) is 26.8 Å². The molecule has 184 valence electrons. The zero-order chi connectivity index (χ0) is 26.6. The van der Waals surface area contributed by atoms with Crippen molar-refractivity contribution in [2.24, 2.45) is 0 Å². The van der Waals surface area contributed by atoms with Crippen LogP contribution in [-0.2, 0) is 9.59 Å². The minimum Gasteiger partial charge on any atom is -0.307 e. The molecule has 0 fully saturated rings. The Kier molecular flexibility index (Phi) is 22.1. The largest absolute Gasteiger partial charge is 0.307 e. The van der Waals surface area contributed by atoms with E-state index in [0.29, 0.717) is 11.5 Å². The highest BCUT2D eigenvalue weighted by atomic mass is 19.1. The number of rotatable bonds is 3. The molecule has 0 N–H and O–H groups in total. The van der Waals surface area contributed by atoms with Crippen molar-refractivity contribution < 1.29 is 18.4 Å². The van der Waals surface area contributed by atoms with Gasteiger partial charge in [-0.2, -0.15) is 0 Å². The van der Waals surface area contributed by atoms with E-state index >= 15 is 0 Å². The number of allylic oxidation sites excluding steroid dienone is 4. The second-order valence-corrected chi connectivity index (χ2v) is 7.11. The van der Waals surface area contributed by atoms with Gasteiger partial charge in [0.25, 0.3) is 0 Å². The minimum absolute atomic E-state index is 0.0694. The van der Waals surface area contributed by atoms with Gasteiger partial charge in [-0.25, -0.2) is 8.78 Å². The molecule has 2 nitrogen and oxygen atoms in total. The van der Waals surface area contributed by atoms with Crippen LogP contribution in [0.4, 0.5) is 8.78 Å². The number of benzene rings is 2. The second-order valence-electron chi connectivity index (χ2n) is 7.11. The number of halogens is 2. The molecule has 0 radical (unpaired) electrons. The van der Waals surface area contributed by atoms with Gasteiger partial charge in [0.1, 0.15) is 18.4 Å². The van der Waals surface area contributed by atoms with Crippen molar-refractivity contribution in [3.05, 3.63) is 88.5 Å². The summed E-state index contributed by atoms with van der Waals surface area (Å²) in [5.74, 6) is -0.208. The second kappa shape index (κ2) is 21.0. The lowest BCUT2D eigenvalue weighted by atomic mass is 9.99. The summed E-state index contributed by atoms with van der Waals surface area (Å²) in [6.45, 7) is 21.3. The molecule has 0 bridgehead atoms. The molecule has 2 aromatic rings. The molecule has 0 aromatic heterocycles. The van der Waals surface area contributed by atoms with Gasteiger partial charge in [-0.15, -0.1) is 0 Å². The van der Waals surface area contributed by atoms with Crippen molar-refractivity contribution in [2.75, 3.05) is 0 Å². The maximum absolute atomic E-state index is 13.0. The van der Waals surface area contributed by atoms with Gasteiger partial charge in [0, 0.05) is 5.56 Å². The first-order valence-electron chi connectivity index (χ1n) is 11.1. The Balaban J connectivity index is -0.000000390. The van der Waals surface area contributed by atoms with E-state index < -0.39 is 11.6 Å². The van der Waals surface area contributed by atoms with Crippen molar-refractivity contribution >= 4 is 18.1 Å². The number of carbonyl (C=O) groups is 2. The Labute approximate surface area is 200 Å². The van der Waals surface area contributed by atoms with Gasteiger partial charge in [0.05, 0.1) is 0 Å². The predicted molar refractivity (Wildman–Crippen MR) is 140 cm³/mol. The van der Waals surface area contributed by atoms with Crippen LogP contribution in [0, 0.1) is 18.6 Å². The lowest BCUT2D eigenvalue weighted by Crippen LogP contribution is -1.91. The lowest BCUT2D eigenvalue weighted by molar-refractivity contribution is -0.113. The van der Waals surface area contributed by atoms with Gasteiger partial charge in [-0.3, -0.25) is 4.79 Å². The van der Waals surface area contributed by atoms with Gasteiger partial charge < -0.3 is 4.79 Å². The Hall–Kier alpha value is -2.88. The van der Waals surface area contributed by atoms with E-state index in [9.17, 15) is 13.6 Å². The van der Waals surface area contributed by atoms with Crippen LogP contribution < -0.4 is 0 Å². The van der Waals surface area contributed by atoms with Crippen molar-refractivity contribution in [1.29, 1.82) is 0 Å². The third-order valence-electron chi connectivity index (χ3n) is 4.59. The fourth-order valence-corrected chi connectivity index (χ4v) is 2.46. The highest BCUT2D eigenvalue weighted by Crippen LogP contribution is 2.20. The smallest absolute Gasteiger partial charge is 0.155 e. The summed E-state index contributed by atoms with van der Waals surface area (Å²) in [6, 6.07) is 12.4. The topological polar surface area (TPSA) is 34.1 Å². The zero-order valence-corrected chi connectivity index (χ0v) is 22.1. The van der Waals surface area contributed by atoms with Crippen molar-refractivity contribution in [2.45, 2.75) is 75.2 Å². The van der Waals surface area contributed by atoms with Crippen molar-refractivity contribution in [3.63, 3.8) is 0 Å². The predicted octanol–water partition coefficient (Wildman–Crippen LogP) is 8.89. The molecule has 2 aromatic carbocycles. The number of aryl methyl sites for hydroxylation is 1. The van der Waals surface area contributed by atoms with E-state index in [4.69, 9.17) is 4.79 Å². The van der Waals surface area contributed by atoms with Crippen LogP contribution in [0.25, 0.3) is 5.57 Å². The monoisotopic (exact) mass is 460 g/mol. The fourth-order valence-electron chi connectivity index (χ4n) is 2.46. The van der Waals surface area contributed by atoms with Gasteiger partial charge >= 0.3 is 0 Å². The molecule has 2 rings (SSSR count). The number of hydrogen-bond donors (Lipinski definition) is 0. The molecule has 0 spiro atoms. The summed E-state index contributed by atoms with van der Waals surface area (Å²) < 4.78 is 26.0. The van der Waals surface area contributed by atoms with Crippen LogP contribution in [0.5, 0.6) is 0 Å². The molecule has 4 heteroatoms. The van der Waals surface area contributed by atoms with Crippen LogP contribution in [0.2, 0.25) is 0 Å². The molecule has 0 aliphatic heterocycles. The molecule has 0 amide bonds. The molecule has 0 heterocycles. The minimum atomic E-state index is -0.509. The molecule has 0 aliphatic rings. The first-order chi connectivity index (χ1) is 15.6. The lowest BCUT2D eigenvalue weighted by Gasteiger charge is -2.07. The highest BCUT2D eigenvalue weighted by Gasteiger charge is 2.08. The third kappa shape index (κ3) is 14.7. The number of ketones is 1. The average molecular weight is 461 g/mol. The van der Waals surface area contributed by atoms with E-state index in [2.05, 4.69) is 45.0 Å². The van der Waals surface area contributed by atoms with Crippen LogP contribution in [0.3, 0.4) is 0 Å². The SMILES string of the molecule is C/C=C(/C)c1c(F)cccc1F.C/C=C(\C)C(C)=O.C=O.CC.Cc1ccccc1C(C)C. The van der Waals surface area contributed by atoms with E-state index in [0.717, 1.165) is 5.57 Å². The van der Waals surface area contributed by atoms with E-state index in [1.807, 2.05) is 40.6 Å². The highest BCUT2D eigenvalue weighted by molar-refractivity contribution is 5.92. The molecular weight excluding hydrogens is 418 g/mol. The summed E-state index contributed by atoms with van der Waals surface area (Å²) >= 11 is 0. The number of Topliss-reactive ketones (excluding diaryl/α,β-unsaturated/α-hetero) is 1. The average Bonchev–Trinajstić information content (AvgIpc) is 2.81.